The summed E-state index contributed by atoms with van der Waals surface area (Å²) in [6, 6.07) is 9.69. The maximum Gasteiger partial charge on any atom is 0.253 e. The number of hydrogen-bond acceptors (Lipinski definition) is 3. The number of nitrogens with zero attached hydrogens (tertiary/aromatic N) is 4. The fraction of sp³-hybridized carbons (Fsp3) is 0.476. The van der Waals surface area contributed by atoms with Gasteiger partial charge in [-0.15, -0.1) is 0 Å². The maximum atomic E-state index is 12.0. The summed E-state index contributed by atoms with van der Waals surface area (Å²) in [5, 5.41) is 11.1. The highest BCUT2D eigenvalue weighted by Crippen LogP contribution is 2.07. The number of hydrogen-bond donors (Lipinski definition) is 2. The number of aliphatic imine (C=N–C) groups is 1. The second-order valence-electron chi connectivity index (χ2n) is 7.02. The Morgan fingerprint density at radius 1 is 1.18 bits per heavy atom. The highest BCUT2D eigenvalue weighted by molar-refractivity contribution is 5.93. The minimum Gasteiger partial charge on any atom is -0.357 e. The molecule has 0 unspecified atom stereocenters. The number of rotatable bonds is 8. The van der Waals surface area contributed by atoms with Gasteiger partial charge in [0.05, 0.1) is 12.2 Å². The molecular formula is C21H32N6O. The van der Waals surface area contributed by atoms with E-state index in [-0.39, 0.29) is 5.91 Å². The molecule has 7 nitrogen and oxygen atoms in total. The molecule has 0 aliphatic carbocycles. The van der Waals surface area contributed by atoms with E-state index in [9.17, 15) is 4.79 Å². The van der Waals surface area contributed by atoms with Gasteiger partial charge in [-0.3, -0.25) is 9.48 Å². The van der Waals surface area contributed by atoms with Crippen LogP contribution in [0.1, 0.15) is 40.7 Å². The lowest BCUT2D eigenvalue weighted by Crippen LogP contribution is -2.38. The van der Waals surface area contributed by atoms with E-state index in [0.717, 1.165) is 43.3 Å². The normalized spacial score (nSPS) is 11.4. The minimum absolute atomic E-state index is 0.00710. The molecule has 0 bridgehead atoms. The Morgan fingerprint density at radius 2 is 1.89 bits per heavy atom. The third kappa shape index (κ3) is 6.40. The highest BCUT2D eigenvalue weighted by atomic mass is 16.2. The molecule has 7 heteroatoms. The first-order valence-corrected chi connectivity index (χ1v) is 9.74. The smallest absolute Gasteiger partial charge is 0.253 e. The number of amides is 1. The van der Waals surface area contributed by atoms with Crippen LogP contribution in [0.4, 0.5) is 0 Å². The fourth-order valence-corrected chi connectivity index (χ4v) is 2.86. The van der Waals surface area contributed by atoms with Crippen molar-refractivity contribution in [2.45, 2.75) is 40.3 Å². The molecule has 0 saturated carbocycles. The van der Waals surface area contributed by atoms with Crippen LogP contribution in [0.25, 0.3) is 0 Å². The van der Waals surface area contributed by atoms with Gasteiger partial charge in [0, 0.05) is 45.0 Å². The average molecular weight is 385 g/mol. The van der Waals surface area contributed by atoms with Crippen molar-refractivity contribution >= 4 is 11.9 Å². The topological polar surface area (TPSA) is 74.6 Å². The number of guanidine groups is 1. The van der Waals surface area contributed by atoms with Crippen LogP contribution in [0.15, 0.2) is 35.3 Å². The van der Waals surface area contributed by atoms with Crippen molar-refractivity contribution in [3.8, 4) is 0 Å². The van der Waals surface area contributed by atoms with E-state index in [1.165, 1.54) is 5.69 Å². The first-order chi connectivity index (χ1) is 13.4. The monoisotopic (exact) mass is 384 g/mol. The molecule has 152 valence electrons. The van der Waals surface area contributed by atoms with Gasteiger partial charge in [-0.25, -0.2) is 4.99 Å². The Bertz CT molecular complexity index is 792. The zero-order chi connectivity index (χ0) is 20.5. The molecule has 0 fully saturated rings. The van der Waals surface area contributed by atoms with Gasteiger partial charge >= 0.3 is 0 Å². The van der Waals surface area contributed by atoms with E-state index in [0.29, 0.717) is 12.1 Å². The summed E-state index contributed by atoms with van der Waals surface area (Å²) >= 11 is 0. The molecule has 0 aliphatic rings. The average Bonchev–Trinajstić information content (AvgIpc) is 3.00. The standard InChI is InChI=1S/C21H32N6O/c1-6-22-21(23-12-7-13-27-17(3)14-16(2)25-27)24-15-18-8-10-19(11-9-18)20(28)26(4)5/h8-11,14H,6-7,12-13,15H2,1-5H3,(H2,22,23,24). The lowest BCUT2D eigenvalue weighted by molar-refractivity contribution is 0.0827. The van der Waals surface area contributed by atoms with Gasteiger partial charge in [0.1, 0.15) is 0 Å². The third-order valence-electron chi connectivity index (χ3n) is 4.31. The van der Waals surface area contributed by atoms with Crippen molar-refractivity contribution < 1.29 is 4.79 Å². The van der Waals surface area contributed by atoms with E-state index < -0.39 is 0 Å². The summed E-state index contributed by atoms with van der Waals surface area (Å²) in [5.41, 5.74) is 4.00. The summed E-state index contributed by atoms with van der Waals surface area (Å²) in [5.74, 6) is 0.803. The second-order valence-corrected chi connectivity index (χ2v) is 7.02. The first kappa shape index (κ1) is 21.5. The van der Waals surface area contributed by atoms with Gasteiger partial charge in [-0.05, 0) is 51.0 Å². The molecule has 0 radical (unpaired) electrons. The van der Waals surface area contributed by atoms with E-state index in [1.807, 2.05) is 35.9 Å². The predicted molar refractivity (Wildman–Crippen MR) is 114 cm³/mol. The van der Waals surface area contributed by atoms with E-state index in [1.54, 1.807) is 19.0 Å². The number of aryl methyl sites for hydroxylation is 3. The first-order valence-electron chi connectivity index (χ1n) is 9.74. The lowest BCUT2D eigenvalue weighted by atomic mass is 10.1. The number of nitrogens with one attached hydrogen (secondary N) is 2. The molecule has 1 amide bonds. The Morgan fingerprint density at radius 3 is 2.46 bits per heavy atom. The van der Waals surface area contributed by atoms with Crippen molar-refractivity contribution in [2.75, 3.05) is 27.2 Å². The summed E-state index contributed by atoms with van der Waals surface area (Å²) in [6.07, 6.45) is 0.966. The van der Waals surface area contributed by atoms with Gasteiger partial charge in [0.2, 0.25) is 0 Å². The fourth-order valence-electron chi connectivity index (χ4n) is 2.86. The van der Waals surface area contributed by atoms with Gasteiger partial charge in [-0.2, -0.15) is 5.10 Å². The third-order valence-corrected chi connectivity index (χ3v) is 4.31. The Balaban J connectivity index is 1.85. The quantitative estimate of drug-likeness (QED) is 0.416. The van der Waals surface area contributed by atoms with Crippen LogP contribution in [0, 0.1) is 13.8 Å². The van der Waals surface area contributed by atoms with Crippen LogP contribution < -0.4 is 10.6 Å². The second kappa shape index (κ2) is 10.5. The largest absolute Gasteiger partial charge is 0.357 e. The molecule has 1 aromatic heterocycles. The van der Waals surface area contributed by atoms with Gasteiger partial charge in [-0.1, -0.05) is 12.1 Å². The predicted octanol–water partition coefficient (Wildman–Crippen LogP) is 2.35. The number of aromatic nitrogens is 2. The van der Waals surface area contributed by atoms with Crippen molar-refractivity contribution in [1.29, 1.82) is 0 Å². The molecule has 2 rings (SSSR count). The number of benzene rings is 1. The summed E-state index contributed by atoms with van der Waals surface area (Å²) < 4.78 is 2.04. The van der Waals surface area contributed by atoms with E-state index >= 15 is 0 Å². The Labute approximate surface area is 167 Å². The van der Waals surface area contributed by atoms with Crippen LogP contribution in [0.2, 0.25) is 0 Å². The molecule has 0 aliphatic heterocycles. The molecule has 28 heavy (non-hydrogen) atoms. The van der Waals surface area contributed by atoms with Crippen molar-refractivity contribution in [3.05, 3.63) is 52.8 Å². The van der Waals surface area contributed by atoms with Crippen LogP contribution in [-0.2, 0) is 13.1 Å². The number of carbonyl (C=O) groups excluding carboxylic acids is 1. The summed E-state index contributed by atoms with van der Waals surface area (Å²) in [6.45, 7) is 9.21. The van der Waals surface area contributed by atoms with E-state index in [4.69, 9.17) is 0 Å². The van der Waals surface area contributed by atoms with Crippen LogP contribution in [0.3, 0.4) is 0 Å². The van der Waals surface area contributed by atoms with E-state index in [2.05, 4.69) is 40.6 Å². The molecule has 2 N–H and O–H groups in total. The van der Waals surface area contributed by atoms with Crippen molar-refractivity contribution in [2.24, 2.45) is 4.99 Å². The molecule has 0 spiro atoms. The van der Waals surface area contributed by atoms with Gasteiger partial charge in [0.25, 0.3) is 5.91 Å². The SMILES string of the molecule is CCNC(=NCc1ccc(C(=O)N(C)C)cc1)NCCCn1nc(C)cc1C. The minimum atomic E-state index is 0.00710. The van der Waals surface area contributed by atoms with Crippen molar-refractivity contribution in [3.63, 3.8) is 0 Å². The summed E-state index contributed by atoms with van der Waals surface area (Å²) in [7, 11) is 3.51. The maximum absolute atomic E-state index is 12.0. The Kier molecular flexibility index (Phi) is 8.04. The molecule has 2 aromatic rings. The number of carbonyl (C=O) groups is 1. The zero-order valence-electron chi connectivity index (χ0n) is 17.6. The van der Waals surface area contributed by atoms with Crippen LogP contribution in [-0.4, -0.2) is 53.7 Å². The zero-order valence-corrected chi connectivity index (χ0v) is 17.6. The summed E-state index contributed by atoms with van der Waals surface area (Å²) in [4.78, 5) is 18.2. The molecular weight excluding hydrogens is 352 g/mol. The van der Waals surface area contributed by atoms with Gasteiger partial charge in [0.15, 0.2) is 5.96 Å². The van der Waals surface area contributed by atoms with Crippen LogP contribution in [0.5, 0.6) is 0 Å². The van der Waals surface area contributed by atoms with Crippen LogP contribution >= 0.6 is 0 Å². The van der Waals surface area contributed by atoms with Gasteiger partial charge < -0.3 is 15.5 Å². The highest BCUT2D eigenvalue weighted by Gasteiger charge is 2.07. The molecule has 1 heterocycles. The lowest BCUT2D eigenvalue weighted by Gasteiger charge is -2.12. The molecule has 1 aromatic carbocycles. The Hall–Kier alpha value is -2.83. The molecule has 0 atom stereocenters. The van der Waals surface area contributed by atoms with Crippen molar-refractivity contribution in [1.82, 2.24) is 25.3 Å². The molecule has 0 saturated heterocycles.